The average Bonchev–Trinajstić information content (AvgIpc) is 3.46. The summed E-state index contributed by atoms with van der Waals surface area (Å²) in [6.07, 6.45) is 0. The predicted molar refractivity (Wildman–Crippen MR) is 331 cm³/mol. The second kappa shape index (κ2) is 29.8. The first-order chi connectivity index (χ1) is 35.5. The highest BCUT2D eigenvalue weighted by Gasteiger charge is 2.47. The molecule has 368 valence electrons. The van der Waals surface area contributed by atoms with Crippen LogP contribution in [0.3, 0.4) is 0 Å². The summed E-state index contributed by atoms with van der Waals surface area (Å²) in [5.41, 5.74) is 13.0. The van der Waals surface area contributed by atoms with Crippen LogP contribution in [0.4, 0.5) is 11.4 Å². The minimum Gasteiger partial charge on any atom is -1.00 e. The molecule has 74 heavy (non-hydrogen) atoms. The van der Waals surface area contributed by atoms with Crippen LogP contribution in [-0.4, -0.2) is 0 Å². The third-order valence-corrected chi connectivity index (χ3v) is 21.4. The van der Waals surface area contributed by atoms with Crippen LogP contribution in [0.5, 0.6) is 0 Å². The van der Waals surface area contributed by atoms with E-state index in [1.165, 1.54) is 53.0 Å². The van der Waals surface area contributed by atoms with Crippen molar-refractivity contribution >= 4 is 103 Å². The minimum absolute atomic E-state index is 0. The molecule has 0 aliphatic heterocycles. The monoisotopic (exact) mass is 1140 g/mol. The summed E-state index contributed by atoms with van der Waals surface area (Å²) in [5.74, 6) is 0. The Bertz CT molecular complexity index is 2800. The normalized spacial score (nSPS) is 10.4. The molecule has 0 heterocycles. The number of halogens is 2. The zero-order valence-electron chi connectivity index (χ0n) is 40.4. The van der Waals surface area contributed by atoms with Gasteiger partial charge in [0.15, 0.2) is 0 Å². The molecule has 0 aliphatic carbocycles. The lowest BCUT2D eigenvalue weighted by atomic mass is 10.3. The predicted octanol–water partition coefficient (Wildman–Crippen LogP) is 10.4. The van der Waals surface area contributed by atoms with Crippen LogP contribution in [-0.2, 0) is 0 Å². The second-order valence-electron chi connectivity index (χ2n) is 16.5. The molecule has 0 unspecified atom stereocenters. The van der Waals surface area contributed by atoms with Crippen LogP contribution >= 0.6 is 39.0 Å². The van der Waals surface area contributed by atoms with Crippen LogP contribution in [0.1, 0.15) is 7.43 Å². The fourth-order valence-corrected chi connectivity index (χ4v) is 17.5. The van der Waals surface area contributed by atoms with Crippen molar-refractivity contribution < 1.29 is 17.0 Å². The van der Waals surface area contributed by atoms with E-state index in [0.29, 0.717) is 0 Å². The largest absolute Gasteiger partial charge is 1.00 e. The lowest BCUT2D eigenvalue weighted by molar-refractivity contribution is -0.0000139. The van der Waals surface area contributed by atoms with E-state index >= 15 is 0 Å². The molecule has 0 aromatic heterocycles. The van der Waals surface area contributed by atoms with Crippen LogP contribution < -0.4 is 81.5 Å². The molecule has 0 amide bonds. The van der Waals surface area contributed by atoms with Gasteiger partial charge in [0.05, 0.1) is 0 Å². The van der Waals surface area contributed by atoms with E-state index in [4.69, 9.17) is 11.5 Å². The van der Waals surface area contributed by atoms with Crippen molar-refractivity contribution in [1.29, 1.82) is 0 Å². The van der Waals surface area contributed by atoms with Gasteiger partial charge in [0.2, 0.25) is 0 Å². The molecule has 0 bridgehead atoms. The lowest BCUT2D eigenvalue weighted by Gasteiger charge is -2.27. The van der Waals surface area contributed by atoms with Crippen LogP contribution in [0.2, 0.25) is 0 Å². The first-order valence-corrected chi connectivity index (χ1v) is 29.1. The summed E-state index contributed by atoms with van der Waals surface area (Å²) < 4.78 is 1.06. The highest BCUT2D eigenvalue weighted by Crippen LogP contribution is 2.54. The smallest absolute Gasteiger partial charge is 0.144 e. The molecule has 11 aromatic rings. The molecule has 11 aromatic carbocycles. The van der Waals surface area contributed by atoms with E-state index in [2.05, 4.69) is 301 Å². The van der Waals surface area contributed by atoms with Crippen molar-refractivity contribution in [3.8, 4) is 0 Å². The zero-order valence-corrected chi connectivity index (χ0v) is 46.2. The summed E-state index contributed by atoms with van der Waals surface area (Å²) in [5, 5.41) is 13.8. The van der Waals surface area contributed by atoms with E-state index in [0.717, 1.165) is 15.8 Å². The fourth-order valence-electron chi connectivity index (χ4n) is 8.37. The minimum atomic E-state index is -1.98. The molecular weight excluding hydrogens is 1090 g/mol. The van der Waals surface area contributed by atoms with Gasteiger partial charge in [-0.25, -0.2) is 0 Å². The van der Waals surface area contributed by atoms with Gasteiger partial charge in [-0.05, 0) is 133 Å². The molecule has 4 N–H and O–H groups in total. The molecule has 0 fully saturated rings. The molecular formula is C67H61Br2N2P3. The van der Waals surface area contributed by atoms with Gasteiger partial charge in [-0.2, -0.15) is 0 Å². The number of nitrogens with two attached hydrogens (primary N) is 2. The number of rotatable bonds is 10. The van der Waals surface area contributed by atoms with Gasteiger partial charge in [-0.15, -0.1) is 0 Å². The molecule has 0 saturated carbocycles. The second-order valence-corrected chi connectivity index (χ2v) is 25.3. The highest BCUT2D eigenvalue weighted by atomic mass is 79.9. The maximum Gasteiger partial charge on any atom is 0.144 e. The summed E-state index contributed by atoms with van der Waals surface area (Å²) in [4.78, 5) is 0. The van der Waals surface area contributed by atoms with Crippen molar-refractivity contribution in [3.05, 3.63) is 326 Å². The summed E-state index contributed by atoms with van der Waals surface area (Å²) in [6, 6.07) is 113. The molecule has 2 nitrogen and oxygen atoms in total. The van der Waals surface area contributed by atoms with Gasteiger partial charge < -0.3 is 28.4 Å². The third kappa shape index (κ3) is 15.2. The van der Waals surface area contributed by atoms with E-state index in [1.54, 1.807) is 0 Å². The number of hydrogen-bond acceptors (Lipinski definition) is 2. The van der Waals surface area contributed by atoms with Crippen LogP contribution in [0, 0.1) is 0 Å². The van der Waals surface area contributed by atoms with Gasteiger partial charge in [0, 0.05) is 15.8 Å². The Kier molecular flexibility index (Phi) is 22.8. The van der Waals surface area contributed by atoms with Crippen molar-refractivity contribution in [2.24, 2.45) is 0 Å². The van der Waals surface area contributed by atoms with E-state index in [9.17, 15) is 0 Å². The highest BCUT2D eigenvalue weighted by molar-refractivity contribution is 9.10. The Hall–Kier alpha value is -6.73. The lowest BCUT2D eigenvalue weighted by Crippen LogP contribution is -3.00. The Morgan fingerprint density at radius 3 is 0.622 bits per heavy atom. The quantitative estimate of drug-likeness (QED) is 0.106. The fraction of sp³-hybridized carbons (Fsp3) is 0.0149. The van der Waals surface area contributed by atoms with Gasteiger partial charge in [0.25, 0.3) is 0 Å². The Morgan fingerprint density at radius 1 is 0.243 bits per heavy atom. The number of anilines is 2. The number of hydrogen-bond donors (Lipinski definition) is 2. The average molecular weight is 1150 g/mol. The molecule has 0 aliphatic rings. The molecule has 0 spiro atoms. The van der Waals surface area contributed by atoms with Crippen molar-refractivity contribution in [2.75, 3.05) is 11.5 Å². The van der Waals surface area contributed by atoms with Crippen LogP contribution in [0.15, 0.2) is 326 Å². The van der Waals surface area contributed by atoms with Crippen molar-refractivity contribution in [1.82, 2.24) is 0 Å². The molecule has 11 rings (SSSR count). The summed E-state index contributed by atoms with van der Waals surface area (Å²) in [7, 11) is -2.87. The summed E-state index contributed by atoms with van der Waals surface area (Å²) >= 11 is 3.29. The van der Waals surface area contributed by atoms with Crippen molar-refractivity contribution in [3.63, 3.8) is 0 Å². The van der Waals surface area contributed by atoms with Crippen LogP contribution in [0.25, 0.3) is 0 Å². The Morgan fingerprint density at radius 2 is 0.419 bits per heavy atom. The maximum absolute atomic E-state index is 6.00. The molecule has 0 radical (unpaired) electrons. The van der Waals surface area contributed by atoms with E-state index in [-0.39, 0.29) is 24.4 Å². The van der Waals surface area contributed by atoms with Gasteiger partial charge in [-0.3, -0.25) is 0 Å². The molecule has 0 atom stereocenters. The summed E-state index contributed by atoms with van der Waals surface area (Å²) in [6.45, 7) is 0. The van der Waals surface area contributed by atoms with Gasteiger partial charge in [0.1, 0.15) is 28.5 Å². The maximum atomic E-state index is 6.00. The third-order valence-electron chi connectivity index (χ3n) is 11.7. The van der Waals surface area contributed by atoms with Gasteiger partial charge in [-0.1, -0.05) is 260 Å². The number of nitrogen functional groups attached to an aromatic ring is 2. The van der Waals surface area contributed by atoms with E-state index < -0.39 is 23.1 Å². The number of benzene rings is 11. The standard InChI is InChI=1S/C24H21NP.2C18H15P.C6H6BrN.CH4.BrH/c25-20-16-18-24(19-17-20)26(21-10-4-1-5-11-21,22-12-6-2-7-13-22)23-14-8-3-9-15-23;2*1-4-10-16(11-5-1)19(17-12-6-2-7-13-17)18-14-8-3-9-15-18;7-5-1-3-6(8)4-2-5;;/h1-19H,25H2;2*1-15H;1-4H,8H2;1H4;1H/q+1;;;;;/p-1. The Labute approximate surface area is 462 Å². The van der Waals surface area contributed by atoms with Crippen molar-refractivity contribution in [2.45, 2.75) is 7.43 Å². The molecule has 0 saturated heterocycles. The van der Waals surface area contributed by atoms with Gasteiger partial charge >= 0.3 is 0 Å². The topological polar surface area (TPSA) is 52.0 Å². The Balaban J connectivity index is 0.000000168. The zero-order chi connectivity index (χ0) is 49.6. The van der Waals surface area contributed by atoms with E-state index in [1.807, 2.05) is 36.4 Å². The first kappa shape index (κ1) is 56.6. The molecule has 7 heteroatoms. The first-order valence-electron chi connectivity index (χ1n) is 23.8. The SMILES string of the molecule is C.Nc1ccc(Br)cc1.Nc1ccc([P+](c2ccccc2)(c2ccccc2)c2ccccc2)cc1.[Br-].c1ccc(P(c2ccccc2)c2ccccc2)cc1.c1ccc(P(c2ccccc2)c2ccccc2)cc1.